The fourth-order valence-electron chi connectivity index (χ4n) is 11.5. The second kappa shape index (κ2) is 7.34. The molecule has 0 radical (unpaired) electrons. The number of fused-ring (bicyclic) bond motifs is 7. The molecule has 0 saturated heterocycles. The van der Waals surface area contributed by atoms with Crippen LogP contribution in [0.1, 0.15) is 99.3 Å². The second-order valence-corrected chi connectivity index (χ2v) is 14.8. The Kier molecular flexibility index (Phi) is 5.36. The van der Waals surface area contributed by atoms with E-state index < -0.39 is 23.6 Å². The van der Waals surface area contributed by atoms with Crippen molar-refractivity contribution in [2.24, 2.45) is 56.7 Å². The van der Waals surface area contributed by atoms with Crippen LogP contribution < -0.4 is 0 Å². The summed E-state index contributed by atoms with van der Waals surface area (Å²) < 4.78 is 0. The van der Waals surface area contributed by atoms with Gasteiger partial charge < -0.3 is 15.3 Å². The summed E-state index contributed by atoms with van der Waals surface area (Å²) in [5, 5.41) is 32.4. The molecule has 0 aromatic heterocycles. The van der Waals surface area contributed by atoms with Crippen LogP contribution in [-0.4, -0.2) is 33.5 Å². The first kappa shape index (κ1) is 24.8. The fourth-order valence-corrected chi connectivity index (χ4v) is 11.5. The molecule has 4 nitrogen and oxygen atoms in total. The first-order valence-electron chi connectivity index (χ1n) is 13.9. The molecule has 5 aliphatic carbocycles. The van der Waals surface area contributed by atoms with Crippen LogP contribution in [0.5, 0.6) is 0 Å². The van der Waals surface area contributed by atoms with E-state index in [1.807, 2.05) is 0 Å². The lowest BCUT2D eigenvalue weighted by molar-refractivity contribution is -0.262. The molecule has 3 N–H and O–H groups in total. The monoisotopic (exact) mass is 472 g/mol. The third-order valence-electron chi connectivity index (χ3n) is 13.4. The molecule has 0 spiro atoms. The molecule has 5 saturated carbocycles. The highest BCUT2D eigenvalue weighted by atomic mass is 16.4. The maximum atomic E-state index is 12.8. The van der Waals surface area contributed by atoms with Gasteiger partial charge in [-0.2, -0.15) is 0 Å². The van der Waals surface area contributed by atoms with Crippen molar-refractivity contribution in [2.75, 3.05) is 0 Å². The SMILES string of the molecule is C=C(C)[C@H]1C[C@H]2[C@@H]3CC[C@H]4[C@@]5(C)C[C@@H](O)[C@H](O)C(C)(C)[C@H]5CC[C@@]4(C)[C@]3(C)CC[C@@]2(C(=O)O)C1. The van der Waals surface area contributed by atoms with E-state index in [9.17, 15) is 20.1 Å². The molecule has 0 bridgehead atoms. The molecule has 0 aliphatic heterocycles. The summed E-state index contributed by atoms with van der Waals surface area (Å²) in [7, 11) is 0. The maximum absolute atomic E-state index is 12.8. The fraction of sp³-hybridized carbons (Fsp3) is 0.900. The first-order valence-corrected chi connectivity index (χ1v) is 13.9. The number of rotatable bonds is 2. The van der Waals surface area contributed by atoms with Gasteiger partial charge in [-0.05, 0) is 116 Å². The van der Waals surface area contributed by atoms with Gasteiger partial charge >= 0.3 is 5.97 Å². The van der Waals surface area contributed by atoms with Crippen LogP contribution in [0.3, 0.4) is 0 Å². The lowest BCUT2D eigenvalue weighted by Crippen LogP contribution is -2.68. The van der Waals surface area contributed by atoms with Crippen LogP contribution >= 0.6 is 0 Å². The van der Waals surface area contributed by atoms with Gasteiger partial charge in [0, 0.05) is 0 Å². The Bertz CT molecular complexity index is 894. The topological polar surface area (TPSA) is 77.8 Å². The van der Waals surface area contributed by atoms with Gasteiger partial charge in [0.1, 0.15) is 0 Å². The van der Waals surface area contributed by atoms with E-state index in [1.54, 1.807) is 0 Å². The van der Waals surface area contributed by atoms with E-state index >= 15 is 0 Å². The molecule has 11 atom stereocenters. The normalized spacial score (nSPS) is 55.9. The van der Waals surface area contributed by atoms with Crippen molar-refractivity contribution in [1.29, 1.82) is 0 Å². The van der Waals surface area contributed by atoms with Gasteiger partial charge in [-0.1, -0.05) is 46.8 Å². The van der Waals surface area contributed by atoms with Gasteiger partial charge in [0.05, 0.1) is 17.6 Å². The number of hydrogen-bond acceptors (Lipinski definition) is 3. The van der Waals surface area contributed by atoms with Crippen molar-refractivity contribution in [3.8, 4) is 0 Å². The molecular weight excluding hydrogens is 424 g/mol. The Morgan fingerprint density at radius 1 is 0.853 bits per heavy atom. The quantitative estimate of drug-likeness (QED) is 0.427. The van der Waals surface area contributed by atoms with Gasteiger partial charge in [0.15, 0.2) is 0 Å². The Balaban J connectivity index is 1.54. The largest absolute Gasteiger partial charge is 0.481 e. The van der Waals surface area contributed by atoms with Crippen LogP contribution in [0.25, 0.3) is 0 Å². The highest BCUT2D eigenvalue weighted by Crippen LogP contribution is 2.77. The van der Waals surface area contributed by atoms with E-state index in [1.165, 1.54) is 0 Å². The molecule has 0 aromatic rings. The minimum Gasteiger partial charge on any atom is -0.481 e. The molecule has 0 aromatic carbocycles. The number of aliphatic hydroxyl groups is 2. The molecule has 0 amide bonds. The number of allylic oxidation sites excluding steroid dienone is 1. The zero-order valence-corrected chi connectivity index (χ0v) is 22.4. The minimum absolute atomic E-state index is 0.000373. The number of carbonyl (C=O) groups is 1. The lowest BCUT2D eigenvalue weighted by Gasteiger charge is -2.72. The Labute approximate surface area is 206 Å². The molecule has 0 heterocycles. The second-order valence-electron chi connectivity index (χ2n) is 14.8. The number of aliphatic carboxylic acids is 1. The molecule has 0 unspecified atom stereocenters. The smallest absolute Gasteiger partial charge is 0.309 e. The van der Waals surface area contributed by atoms with Crippen LogP contribution in [-0.2, 0) is 4.79 Å². The molecule has 192 valence electrons. The number of carboxylic acids is 1. The third kappa shape index (κ3) is 2.82. The summed E-state index contributed by atoms with van der Waals surface area (Å²) in [6.45, 7) is 18.1. The van der Waals surface area contributed by atoms with Crippen molar-refractivity contribution < 1.29 is 20.1 Å². The average molecular weight is 473 g/mol. The summed E-state index contributed by atoms with van der Waals surface area (Å²) in [6, 6.07) is 0. The van der Waals surface area contributed by atoms with Crippen molar-refractivity contribution in [2.45, 2.75) is 112 Å². The van der Waals surface area contributed by atoms with E-state index in [4.69, 9.17) is 0 Å². The van der Waals surface area contributed by atoms with Gasteiger partial charge in [-0.3, -0.25) is 4.79 Å². The predicted octanol–water partition coefficient (Wildman–Crippen LogP) is 6.06. The van der Waals surface area contributed by atoms with Crippen molar-refractivity contribution in [1.82, 2.24) is 0 Å². The lowest BCUT2D eigenvalue weighted by atomic mass is 9.32. The molecule has 5 fully saturated rings. The summed E-state index contributed by atoms with van der Waals surface area (Å²) in [4.78, 5) is 12.8. The maximum Gasteiger partial charge on any atom is 0.309 e. The van der Waals surface area contributed by atoms with E-state index in [0.717, 1.165) is 56.9 Å². The van der Waals surface area contributed by atoms with Crippen LogP contribution in [0, 0.1) is 56.7 Å². The Morgan fingerprint density at radius 2 is 1.53 bits per heavy atom. The van der Waals surface area contributed by atoms with Gasteiger partial charge in [0.25, 0.3) is 0 Å². The Hall–Kier alpha value is -0.870. The van der Waals surface area contributed by atoms with E-state index in [2.05, 4.69) is 48.1 Å². The van der Waals surface area contributed by atoms with E-state index in [0.29, 0.717) is 30.1 Å². The molecule has 4 heteroatoms. The van der Waals surface area contributed by atoms with Gasteiger partial charge in [-0.25, -0.2) is 0 Å². The molecule has 5 aliphatic rings. The van der Waals surface area contributed by atoms with Crippen molar-refractivity contribution in [3.05, 3.63) is 12.2 Å². The Morgan fingerprint density at radius 3 is 2.15 bits per heavy atom. The zero-order valence-electron chi connectivity index (χ0n) is 22.4. The average Bonchev–Trinajstić information content (AvgIpc) is 3.14. The highest BCUT2D eigenvalue weighted by molar-refractivity contribution is 5.76. The standard InChI is InChI=1S/C30H48O4/c1-17(2)18-14-20-19-8-9-23-27(5)16-21(31)24(32)26(3,4)22(27)10-11-29(23,7)28(19,6)12-13-30(20,15-18)25(33)34/h18-24,31-32H,1,8-16H2,2-7H3,(H,33,34)/t18-,19-,20-,21+,22+,23-,24-,27-,28+,29+,30+/m0/s1. The molecular formula is C30H48O4. The zero-order chi connectivity index (χ0) is 25.1. The van der Waals surface area contributed by atoms with E-state index in [-0.39, 0.29) is 27.6 Å². The highest BCUT2D eigenvalue weighted by Gasteiger charge is 2.72. The van der Waals surface area contributed by atoms with Crippen LogP contribution in [0.15, 0.2) is 12.2 Å². The minimum atomic E-state index is -0.665. The number of carboxylic acid groups (broad SMARTS) is 1. The van der Waals surface area contributed by atoms with Crippen LogP contribution in [0.4, 0.5) is 0 Å². The number of hydrogen-bond donors (Lipinski definition) is 3. The summed E-state index contributed by atoms with van der Waals surface area (Å²) in [5.41, 5.74) is 0.525. The van der Waals surface area contributed by atoms with Gasteiger partial charge in [0.2, 0.25) is 0 Å². The van der Waals surface area contributed by atoms with Crippen molar-refractivity contribution in [3.63, 3.8) is 0 Å². The van der Waals surface area contributed by atoms with Crippen LogP contribution in [0.2, 0.25) is 0 Å². The first-order chi connectivity index (χ1) is 15.6. The molecule has 5 rings (SSSR count). The summed E-state index contributed by atoms with van der Waals surface area (Å²) in [6.07, 6.45) is 7.35. The molecule has 34 heavy (non-hydrogen) atoms. The summed E-state index contributed by atoms with van der Waals surface area (Å²) in [5.74, 6) is 1.34. The predicted molar refractivity (Wildman–Crippen MR) is 134 cm³/mol. The number of aliphatic hydroxyl groups excluding tert-OH is 2. The van der Waals surface area contributed by atoms with Crippen molar-refractivity contribution >= 4 is 5.97 Å². The third-order valence-corrected chi connectivity index (χ3v) is 13.4. The summed E-state index contributed by atoms with van der Waals surface area (Å²) >= 11 is 0. The van der Waals surface area contributed by atoms with Gasteiger partial charge in [-0.15, -0.1) is 0 Å².